The Balaban J connectivity index is 2.10. The molecule has 0 radical (unpaired) electrons. The van der Waals surface area contributed by atoms with E-state index in [0.29, 0.717) is 5.92 Å². The minimum absolute atomic E-state index is 0.0232. The number of hydrogen-bond donors (Lipinski definition) is 5. The average molecular weight is 461 g/mol. The van der Waals surface area contributed by atoms with Gasteiger partial charge in [-0.1, -0.05) is 54.4 Å². The number of hydrogen-bond acceptors (Lipinski definition) is 7. The van der Waals surface area contributed by atoms with E-state index in [9.17, 15) is 20.1 Å². The lowest BCUT2D eigenvalue weighted by Gasteiger charge is -2.46. The minimum atomic E-state index is -1.33. The number of ether oxygens (including phenoxy) is 1. The Morgan fingerprint density at radius 2 is 1.81 bits per heavy atom. The summed E-state index contributed by atoms with van der Waals surface area (Å²) in [6.45, 7) is 13.0. The fourth-order valence-electron chi connectivity index (χ4n) is 4.54. The Hall–Kier alpha value is -0.380. The molecule has 2 heterocycles. The molecule has 8 heteroatoms. The Morgan fingerprint density at radius 3 is 2.39 bits per heavy atom. The van der Waals surface area contributed by atoms with Crippen molar-refractivity contribution in [3.8, 4) is 0 Å². The topological polar surface area (TPSA) is 111 Å². The minimum Gasteiger partial charge on any atom is -0.388 e. The fraction of sp³-hybridized carbons (Fsp3) is 0.957. The van der Waals surface area contributed by atoms with E-state index in [2.05, 4.69) is 17.6 Å². The van der Waals surface area contributed by atoms with Crippen LogP contribution in [0.5, 0.6) is 0 Å². The van der Waals surface area contributed by atoms with Gasteiger partial charge in [0, 0.05) is 4.75 Å². The van der Waals surface area contributed by atoms with E-state index in [4.69, 9.17) is 4.74 Å². The lowest BCUT2D eigenvalue weighted by atomic mass is 9.88. The molecule has 1 amide bonds. The second-order valence-electron chi connectivity index (χ2n) is 10.5. The maximum atomic E-state index is 13.1. The second-order valence-corrected chi connectivity index (χ2v) is 12.4. The van der Waals surface area contributed by atoms with Gasteiger partial charge in [-0.2, -0.15) is 0 Å². The van der Waals surface area contributed by atoms with Crippen molar-refractivity contribution in [2.45, 2.75) is 120 Å². The summed E-state index contributed by atoms with van der Waals surface area (Å²) in [6, 6.07) is -0.747. The van der Waals surface area contributed by atoms with Crippen molar-refractivity contribution in [2.24, 2.45) is 11.8 Å². The third-order valence-corrected chi connectivity index (χ3v) is 7.61. The molecular formula is C23H44N2O5S. The normalized spacial score (nSPS) is 36.1. The summed E-state index contributed by atoms with van der Waals surface area (Å²) in [6.07, 6.45) is 0.653. The summed E-state index contributed by atoms with van der Waals surface area (Å²) < 4.78 is 5.91. The van der Waals surface area contributed by atoms with E-state index in [1.807, 2.05) is 34.6 Å². The van der Waals surface area contributed by atoms with Crippen LogP contribution in [0.1, 0.15) is 73.6 Å². The number of thioether (sulfide) groups is 1. The number of aliphatic hydroxyl groups is 3. The molecule has 2 saturated heterocycles. The van der Waals surface area contributed by atoms with Gasteiger partial charge in [0.2, 0.25) is 5.91 Å². The predicted molar refractivity (Wildman–Crippen MR) is 125 cm³/mol. The van der Waals surface area contributed by atoms with Crippen LogP contribution in [0.3, 0.4) is 0 Å². The van der Waals surface area contributed by atoms with Crippen molar-refractivity contribution in [3.63, 3.8) is 0 Å². The van der Waals surface area contributed by atoms with Crippen molar-refractivity contribution < 1.29 is 24.9 Å². The molecule has 2 fully saturated rings. The Kier molecular flexibility index (Phi) is 10.1. The highest BCUT2D eigenvalue weighted by Crippen LogP contribution is 2.37. The van der Waals surface area contributed by atoms with E-state index >= 15 is 0 Å². The molecule has 2 rings (SSSR count). The molecule has 2 aliphatic rings. The molecule has 182 valence electrons. The van der Waals surface area contributed by atoms with Gasteiger partial charge in [0.05, 0.1) is 12.1 Å². The Labute approximate surface area is 192 Å². The van der Waals surface area contributed by atoms with Gasteiger partial charge in [0.1, 0.15) is 29.9 Å². The van der Waals surface area contributed by atoms with Crippen LogP contribution in [0.2, 0.25) is 0 Å². The maximum absolute atomic E-state index is 13.1. The summed E-state index contributed by atoms with van der Waals surface area (Å²) in [5.41, 5.74) is -0.688. The van der Waals surface area contributed by atoms with Crippen LogP contribution in [-0.4, -0.2) is 74.5 Å². The van der Waals surface area contributed by atoms with Crippen LogP contribution >= 0.6 is 11.8 Å². The first-order valence-corrected chi connectivity index (χ1v) is 12.7. The highest BCUT2D eigenvalue weighted by Gasteiger charge is 2.48. The van der Waals surface area contributed by atoms with E-state index < -0.39 is 35.9 Å². The molecule has 5 N–H and O–H groups in total. The van der Waals surface area contributed by atoms with Gasteiger partial charge >= 0.3 is 0 Å². The fourth-order valence-corrected chi connectivity index (χ4v) is 5.72. The number of rotatable bonds is 7. The van der Waals surface area contributed by atoms with E-state index in [0.717, 1.165) is 32.2 Å². The van der Waals surface area contributed by atoms with Gasteiger partial charge in [-0.25, -0.2) is 0 Å². The van der Waals surface area contributed by atoms with Gasteiger partial charge in [0.25, 0.3) is 0 Å². The van der Waals surface area contributed by atoms with Gasteiger partial charge in [0.15, 0.2) is 0 Å². The zero-order chi connectivity index (χ0) is 23.3. The zero-order valence-corrected chi connectivity index (χ0v) is 20.8. The predicted octanol–water partition coefficient (Wildman–Crippen LogP) is 2.02. The quantitative estimate of drug-likeness (QED) is 0.395. The maximum Gasteiger partial charge on any atom is 0.237 e. The van der Waals surface area contributed by atoms with Crippen LogP contribution < -0.4 is 10.6 Å². The molecule has 0 aromatic rings. The molecule has 3 unspecified atom stereocenters. The molecule has 7 nitrogen and oxygen atoms in total. The van der Waals surface area contributed by atoms with Crippen molar-refractivity contribution in [1.82, 2.24) is 10.6 Å². The number of aliphatic hydroxyl groups excluding tert-OH is 3. The van der Waals surface area contributed by atoms with Crippen LogP contribution in [0.4, 0.5) is 0 Å². The molecule has 8 atom stereocenters. The molecule has 0 aromatic heterocycles. The van der Waals surface area contributed by atoms with Gasteiger partial charge in [-0.05, 0) is 37.6 Å². The second kappa shape index (κ2) is 11.7. The summed E-state index contributed by atoms with van der Waals surface area (Å²) in [7, 11) is 0. The number of nitrogens with one attached hydrogen (secondary N) is 2. The monoisotopic (exact) mass is 460 g/mol. The van der Waals surface area contributed by atoms with Gasteiger partial charge in [-0.3, -0.25) is 4.79 Å². The zero-order valence-electron chi connectivity index (χ0n) is 20.0. The largest absolute Gasteiger partial charge is 0.388 e. The number of amides is 1. The molecule has 0 aromatic carbocycles. The molecule has 0 spiro atoms. The first kappa shape index (κ1) is 26.9. The van der Waals surface area contributed by atoms with Crippen LogP contribution in [0.15, 0.2) is 0 Å². The number of carbonyl (C=O) groups is 1. The summed E-state index contributed by atoms with van der Waals surface area (Å²) in [4.78, 5) is 13.1. The average Bonchev–Trinajstić information content (AvgIpc) is 2.91. The van der Waals surface area contributed by atoms with Crippen molar-refractivity contribution in [3.05, 3.63) is 0 Å². The molecule has 0 bridgehead atoms. The summed E-state index contributed by atoms with van der Waals surface area (Å²) in [5.74, 6) is 0.545. The Bertz CT molecular complexity index is 571. The molecule has 2 aliphatic heterocycles. The molecule has 31 heavy (non-hydrogen) atoms. The van der Waals surface area contributed by atoms with Gasteiger partial charge < -0.3 is 30.7 Å². The summed E-state index contributed by atoms with van der Waals surface area (Å²) >= 11 is 1.41. The molecule has 0 saturated carbocycles. The molecular weight excluding hydrogens is 416 g/mol. The number of carbonyl (C=O) groups excluding carboxylic acids is 1. The smallest absolute Gasteiger partial charge is 0.237 e. The third kappa shape index (κ3) is 7.57. The van der Waals surface area contributed by atoms with Crippen LogP contribution in [0, 0.1) is 11.8 Å². The van der Waals surface area contributed by atoms with Crippen molar-refractivity contribution in [2.75, 3.05) is 6.54 Å². The SMILES string of the molecule is CCCC1CCNC(C(=O)NC(C(C)C)[C@H]2O[C@H](SC(C)(C)C)[C@H](O)[C@@H](O)[C@H]2O)CC1. The van der Waals surface area contributed by atoms with Crippen LogP contribution in [-0.2, 0) is 9.53 Å². The highest BCUT2D eigenvalue weighted by molar-refractivity contribution is 8.01. The van der Waals surface area contributed by atoms with E-state index in [1.54, 1.807) is 0 Å². The highest BCUT2D eigenvalue weighted by atomic mass is 32.2. The summed E-state index contributed by atoms with van der Waals surface area (Å²) in [5, 5.41) is 38.1. The first-order chi connectivity index (χ1) is 14.4. The first-order valence-electron chi connectivity index (χ1n) is 11.9. The van der Waals surface area contributed by atoms with E-state index in [-0.39, 0.29) is 22.6 Å². The lowest BCUT2D eigenvalue weighted by Crippen LogP contribution is -2.65. The van der Waals surface area contributed by atoms with Crippen molar-refractivity contribution in [1.29, 1.82) is 0 Å². The Morgan fingerprint density at radius 1 is 1.13 bits per heavy atom. The lowest BCUT2D eigenvalue weighted by molar-refractivity contribution is -0.208. The third-order valence-electron chi connectivity index (χ3n) is 6.28. The van der Waals surface area contributed by atoms with Crippen LogP contribution in [0.25, 0.3) is 0 Å². The van der Waals surface area contributed by atoms with E-state index in [1.165, 1.54) is 18.2 Å². The van der Waals surface area contributed by atoms with Gasteiger partial charge in [-0.15, -0.1) is 11.8 Å². The standard InChI is InChI=1S/C23H44N2O5S/c1-7-8-14-9-10-15(24-12-11-14)21(29)25-16(13(2)3)20-18(27)17(26)19(28)22(30-20)31-23(4,5)6/h13-20,22,24,26-28H,7-12H2,1-6H3,(H,25,29)/t14?,15?,16?,17-,18+,19+,20+,22+/m0/s1. The molecule has 0 aliphatic carbocycles. The van der Waals surface area contributed by atoms with Crippen molar-refractivity contribution >= 4 is 17.7 Å².